The molecule has 0 radical (unpaired) electrons. The molecule has 1 saturated heterocycles. The molecule has 15 heteroatoms. The van der Waals surface area contributed by atoms with Gasteiger partial charge in [-0.2, -0.15) is 5.10 Å². The third-order valence-electron chi connectivity index (χ3n) is 6.63. The molecule has 2 aromatic heterocycles. The predicted molar refractivity (Wildman–Crippen MR) is 168 cm³/mol. The van der Waals surface area contributed by atoms with Crippen LogP contribution in [-0.2, 0) is 43.5 Å². The number of aliphatic carboxylic acids is 4. The Morgan fingerprint density at radius 2 is 1.35 bits per heavy atom. The summed E-state index contributed by atoms with van der Waals surface area (Å²) < 4.78 is 9.97. The van der Waals surface area contributed by atoms with E-state index in [4.69, 9.17) is 30.1 Å². The molecule has 250 valence electrons. The highest BCUT2D eigenvalue weighted by Gasteiger charge is 2.19. The molecule has 0 bridgehead atoms. The lowest BCUT2D eigenvalue weighted by Gasteiger charge is -2.34. The Bertz CT molecular complexity index is 1360. The second kappa shape index (κ2) is 21.0. The highest BCUT2D eigenvalue weighted by molar-refractivity contribution is 5.90. The van der Waals surface area contributed by atoms with Crippen LogP contribution in [0.5, 0.6) is 0 Å². The summed E-state index contributed by atoms with van der Waals surface area (Å²) in [7, 11) is 0. The Kier molecular flexibility index (Phi) is 17.0. The van der Waals surface area contributed by atoms with Crippen molar-refractivity contribution in [1.82, 2.24) is 29.1 Å². The minimum Gasteiger partial charge on any atom is -0.478 e. The highest BCUT2D eigenvalue weighted by atomic mass is 16.5. The Balaban J connectivity index is 0.000000381. The van der Waals surface area contributed by atoms with E-state index >= 15 is 0 Å². The van der Waals surface area contributed by atoms with E-state index in [0.717, 1.165) is 70.4 Å². The second-order valence-corrected chi connectivity index (χ2v) is 9.98. The highest BCUT2D eigenvalue weighted by Crippen LogP contribution is 2.18. The lowest BCUT2D eigenvalue weighted by Crippen LogP contribution is -2.46. The van der Waals surface area contributed by atoms with Crippen molar-refractivity contribution < 1.29 is 44.3 Å². The van der Waals surface area contributed by atoms with Gasteiger partial charge in [-0.05, 0) is 44.5 Å². The zero-order valence-electron chi connectivity index (χ0n) is 25.8. The van der Waals surface area contributed by atoms with E-state index in [9.17, 15) is 19.2 Å². The molecule has 1 aliphatic rings. The van der Waals surface area contributed by atoms with Gasteiger partial charge < -0.3 is 34.6 Å². The van der Waals surface area contributed by atoms with Crippen molar-refractivity contribution >= 4 is 34.9 Å². The molecule has 15 nitrogen and oxygen atoms in total. The van der Waals surface area contributed by atoms with Crippen LogP contribution in [0.15, 0.2) is 67.0 Å². The van der Waals surface area contributed by atoms with Gasteiger partial charge in [0.25, 0.3) is 0 Å². The van der Waals surface area contributed by atoms with Gasteiger partial charge in [-0.25, -0.2) is 24.2 Å². The number of aromatic nitrogens is 4. The first-order valence-corrected chi connectivity index (χ1v) is 14.8. The summed E-state index contributed by atoms with van der Waals surface area (Å²) in [6.07, 6.45) is 8.54. The molecule has 0 atom stereocenters. The van der Waals surface area contributed by atoms with E-state index in [-0.39, 0.29) is 0 Å². The predicted octanol–water partition coefficient (Wildman–Crippen LogP) is 2.29. The number of benzene rings is 1. The second-order valence-electron chi connectivity index (χ2n) is 9.98. The quantitative estimate of drug-likeness (QED) is 0.139. The van der Waals surface area contributed by atoms with Crippen molar-refractivity contribution in [3.63, 3.8) is 0 Å². The number of piperazine rings is 1. The summed E-state index contributed by atoms with van der Waals surface area (Å²) in [4.78, 5) is 48.3. The fourth-order valence-electron chi connectivity index (χ4n) is 4.49. The number of imidazole rings is 1. The summed E-state index contributed by atoms with van der Waals surface area (Å²) in [6.45, 7) is 12.0. The number of carboxylic acids is 4. The SMILES string of the molecule is CCOCCn1c(CN2CCN(CCCCn3cccn3)CC2)nc2ccccc21.O=C(O)/C=C\C(=O)O.O=C(O)/C=C\C(=O)O. The monoisotopic (exact) mass is 642 g/mol. The Morgan fingerprint density at radius 3 is 1.89 bits per heavy atom. The molecule has 4 rings (SSSR count). The van der Waals surface area contributed by atoms with Crippen LogP contribution in [0.4, 0.5) is 0 Å². The molecule has 0 saturated carbocycles. The number of hydrogen-bond donors (Lipinski definition) is 4. The van der Waals surface area contributed by atoms with Crippen molar-refractivity contribution in [2.45, 2.75) is 39.4 Å². The summed E-state index contributed by atoms with van der Waals surface area (Å²) in [5.41, 5.74) is 2.29. The van der Waals surface area contributed by atoms with Crippen LogP contribution in [0.3, 0.4) is 0 Å². The molecule has 1 fully saturated rings. The standard InChI is InChI=1S/C23H34N6O.2C4H4O4/c1-2-30-19-18-29-22-9-4-3-8-21(22)25-23(29)20-27-16-14-26(15-17-27)11-5-6-12-28-13-7-10-24-28;2*5-3(6)1-2-4(7)8/h3-4,7-10,13H,2,5-6,11-12,14-20H2,1H3;2*1-2H,(H,5,6)(H,7,8)/b;2*2-1-. The first kappa shape index (κ1) is 37.3. The van der Waals surface area contributed by atoms with Gasteiger partial charge in [0.05, 0.1) is 24.2 Å². The molecule has 0 amide bonds. The van der Waals surface area contributed by atoms with Gasteiger partial charge in [-0.1, -0.05) is 12.1 Å². The van der Waals surface area contributed by atoms with Gasteiger partial charge in [-0.3, -0.25) is 9.58 Å². The molecule has 0 aliphatic carbocycles. The first-order chi connectivity index (χ1) is 22.1. The van der Waals surface area contributed by atoms with E-state index in [0.29, 0.717) is 24.3 Å². The van der Waals surface area contributed by atoms with Crippen LogP contribution in [-0.4, -0.2) is 119 Å². The molecule has 3 aromatic rings. The Morgan fingerprint density at radius 1 is 0.783 bits per heavy atom. The maximum Gasteiger partial charge on any atom is 0.328 e. The van der Waals surface area contributed by atoms with Crippen LogP contribution in [0.25, 0.3) is 11.0 Å². The number of ether oxygens (including phenoxy) is 1. The molecule has 46 heavy (non-hydrogen) atoms. The van der Waals surface area contributed by atoms with Crippen LogP contribution < -0.4 is 0 Å². The van der Waals surface area contributed by atoms with E-state index < -0.39 is 23.9 Å². The third-order valence-corrected chi connectivity index (χ3v) is 6.63. The summed E-state index contributed by atoms with van der Waals surface area (Å²) in [5.74, 6) is -3.87. The topological polar surface area (TPSA) is 201 Å². The van der Waals surface area contributed by atoms with Gasteiger partial charge >= 0.3 is 23.9 Å². The number of nitrogens with zero attached hydrogens (tertiary/aromatic N) is 6. The van der Waals surface area contributed by atoms with E-state index in [2.05, 4.69) is 43.7 Å². The van der Waals surface area contributed by atoms with E-state index in [1.807, 2.05) is 30.1 Å². The van der Waals surface area contributed by atoms with Crippen LogP contribution >= 0.6 is 0 Å². The summed E-state index contributed by atoms with van der Waals surface area (Å²) in [5, 5.41) is 35.5. The number of rotatable bonds is 15. The molecule has 1 aromatic carbocycles. The molecule has 1 aliphatic heterocycles. The third kappa shape index (κ3) is 15.2. The molecule has 4 N–H and O–H groups in total. The summed E-state index contributed by atoms with van der Waals surface area (Å²) in [6, 6.07) is 10.4. The number of hydrogen-bond acceptors (Lipinski definition) is 9. The molecular formula is C31H42N6O9. The average Bonchev–Trinajstić information content (AvgIpc) is 3.67. The zero-order chi connectivity index (χ0) is 33.7. The van der Waals surface area contributed by atoms with Crippen molar-refractivity contribution in [2.75, 3.05) is 45.9 Å². The fraction of sp³-hybridized carbons (Fsp3) is 0.419. The zero-order valence-corrected chi connectivity index (χ0v) is 25.8. The Hall–Kier alpha value is -4.86. The molecule has 0 unspecified atom stereocenters. The van der Waals surface area contributed by atoms with Crippen molar-refractivity contribution in [2.24, 2.45) is 0 Å². The molecular weight excluding hydrogens is 600 g/mol. The minimum absolute atomic E-state index is 0.558. The van der Waals surface area contributed by atoms with Gasteiger partial charge in [-0.15, -0.1) is 0 Å². The maximum atomic E-state index is 9.55. The number of unbranched alkanes of at least 4 members (excludes halogenated alkanes) is 1. The van der Waals surface area contributed by atoms with Crippen molar-refractivity contribution in [1.29, 1.82) is 0 Å². The number of aryl methyl sites for hydroxylation is 1. The van der Waals surface area contributed by atoms with Gasteiger partial charge in [0.2, 0.25) is 0 Å². The normalized spacial score (nSPS) is 13.7. The van der Waals surface area contributed by atoms with Crippen LogP contribution in [0.2, 0.25) is 0 Å². The summed E-state index contributed by atoms with van der Waals surface area (Å²) >= 11 is 0. The van der Waals surface area contributed by atoms with Crippen molar-refractivity contribution in [3.8, 4) is 0 Å². The molecule has 0 spiro atoms. The number of carbonyl (C=O) groups is 4. The average molecular weight is 643 g/mol. The van der Waals surface area contributed by atoms with Crippen LogP contribution in [0.1, 0.15) is 25.6 Å². The minimum atomic E-state index is -1.26. The Labute approximate surface area is 266 Å². The van der Waals surface area contributed by atoms with Crippen molar-refractivity contribution in [3.05, 3.63) is 72.9 Å². The van der Waals surface area contributed by atoms with Gasteiger partial charge in [0.15, 0.2) is 0 Å². The smallest absolute Gasteiger partial charge is 0.328 e. The lowest BCUT2D eigenvalue weighted by atomic mass is 10.2. The number of carboxylic acid groups (broad SMARTS) is 4. The van der Waals surface area contributed by atoms with E-state index in [1.54, 1.807) is 0 Å². The largest absolute Gasteiger partial charge is 0.478 e. The number of fused-ring (bicyclic) bond motifs is 1. The first-order valence-electron chi connectivity index (χ1n) is 14.8. The van der Waals surface area contributed by atoms with E-state index in [1.165, 1.54) is 24.9 Å². The van der Waals surface area contributed by atoms with Gasteiger partial charge in [0, 0.05) is 82.6 Å². The fourth-order valence-corrected chi connectivity index (χ4v) is 4.49. The number of para-hydroxylation sites is 2. The maximum absolute atomic E-state index is 9.55. The molecule has 3 heterocycles. The van der Waals surface area contributed by atoms with Crippen LogP contribution in [0, 0.1) is 0 Å². The lowest BCUT2D eigenvalue weighted by molar-refractivity contribution is -0.134. The van der Waals surface area contributed by atoms with Gasteiger partial charge in [0.1, 0.15) is 5.82 Å².